The van der Waals surface area contributed by atoms with Crippen molar-refractivity contribution in [3.05, 3.63) is 35.9 Å². The van der Waals surface area contributed by atoms with E-state index in [0.29, 0.717) is 30.6 Å². The molecule has 1 saturated heterocycles. The predicted molar refractivity (Wildman–Crippen MR) is 97.7 cm³/mol. The largest absolute Gasteiger partial charge is 0.372 e. The number of carbonyl (C=O) groups excluding carboxylic acids is 1. The number of nitrogens with zero attached hydrogens (tertiary/aromatic N) is 4. The van der Waals surface area contributed by atoms with Crippen LogP contribution in [0, 0.1) is 5.92 Å². The van der Waals surface area contributed by atoms with Crippen molar-refractivity contribution in [2.75, 3.05) is 6.61 Å². The number of hydrogen-bond acceptors (Lipinski definition) is 4. The van der Waals surface area contributed by atoms with Crippen LogP contribution >= 0.6 is 0 Å². The average Bonchev–Trinajstić information content (AvgIpc) is 3.37. The first kappa shape index (κ1) is 17.5. The molecule has 4 rings (SSSR count). The van der Waals surface area contributed by atoms with E-state index in [1.54, 1.807) is 0 Å². The molecule has 3 atom stereocenters. The highest BCUT2D eigenvalue weighted by Crippen LogP contribution is 2.36. The van der Waals surface area contributed by atoms with E-state index in [4.69, 9.17) is 4.74 Å². The Morgan fingerprint density at radius 1 is 1.27 bits per heavy atom. The van der Waals surface area contributed by atoms with Crippen molar-refractivity contribution in [1.29, 1.82) is 0 Å². The van der Waals surface area contributed by atoms with Gasteiger partial charge in [-0.25, -0.2) is 0 Å². The zero-order chi connectivity index (χ0) is 17.9. The topological polar surface area (TPSA) is 61.9 Å². The van der Waals surface area contributed by atoms with E-state index in [2.05, 4.69) is 20.9 Å². The number of aryl methyl sites for hydroxylation is 1. The second-order valence-electron chi connectivity index (χ2n) is 7.70. The van der Waals surface area contributed by atoms with Gasteiger partial charge in [0.15, 0.2) is 0 Å². The second kappa shape index (κ2) is 7.74. The summed E-state index contributed by atoms with van der Waals surface area (Å²) in [4.78, 5) is 12.8. The molecule has 6 nitrogen and oxygen atoms in total. The van der Waals surface area contributed by atoms with E-state index < -0.39 is 0 Å². The molecule has 2 aromatic heterocycles. The van der Waals surface area contributed by atoms with Crippen molar-refractivity contribution in [2.45, 2.75) is 63.5 Å². The standard InChI is InChI=1S/C20H28N4O2/c1-23-16(14-18(22-23)20-8-4-11-26-20)13-17(25)12-15-6-2-3-7-19(15)24-10-5-9-21-24/h5,9-10,14-15,19-20H,2-4,6-8,11-13H2,1H3. The van der Waals surface area contributed by atoms with E-state index >= 15 is 0 Å². The molecular weight excluding hydrogens is 328 g/mol. The maximum absolute atomic E-state index is 12.8. The molecule has 0 radical (unpaired) electrons. The Bertz CT molecular complexity index is 731. The smallest absolute Gasteiger partial charge is 0.139 e. The molecule has 6 heteroatoms. The molecule has 0 bridgehead atoms. The summed E-state index contributed by atoms with van der Waals surface area (Å²) in [7, 11) is 1.92. The van der Waals surface area contributed by atoms with Crippen LogP contribution in [0.15, 0.2) is 24.5 Å². The molecule has 0 aromatic carbocycles. The molecule has 1 aliphatic carbocycles. The third-order valence-corrected chi connectivity index (χ3v) is 5.86. The van der Waals surface area contributed by atoms with Gasteiger partial charge in [0.25, 0.3) is 0 Å². The SMILES string of the molecule is Cn1nc(C2CCCO2)cc1CC(=O)CC1CCCCC1n1cccn1. The Balaban J connectivity index is 1.40. The molecule has 26 heavy (non-hydrogen) atoms. The quantitative estimate of drug-likeness (QED) is 0.796. The van der Waals surface area contributed by atoms with Crippen molar-refractivity contribution < 1.29 is 9.53 Å². The number of carbonyl (C=O) groups is 1. The van der Waals surface area contributed by atoms with Gasteiger partial charge < -0.3 is 4.74 Å². The summed E-state index contributed by atoms with van der Waals surface area (Å²) in [5.41, 5.74) is 1.96. The minimum Gasteiger partial charge on any atom is -0.372 e. The van der Waals surface area contributed by atoms with Gasteiger partial charge in [-0.05, 0) is 43.7 Å². The summed E-state index contributed by atoms with van der Waals surface area (Å²) >= 11 is 0. The van der Waals surface area contributed by atoms with Crippen molar-refractivity contribution in [2.24, 2.45) is 13.0 Å². The van der Waals surface area contributed by atoms with Gasteiger partial charge in [0.2, 0.25) is 0 Å². The summed E-state index contributed by atoms with van der Waals surface area (Å²) < 4.78 is 9.62. The fraction of sp³-hybridized carbons (Fsp3) is 0.650. The highest BCUT2D eigenvalue weighted by atomic mass is 16.5. The minimum absolute atomic E-state index is 0.104. The normalized spacial score (nSPS) is 26.3. The van der Waals surface area contributed by atoms with Crippen molar-refractivity contribution in [3.63, 3.8) is 0 Å². The average molecular weight is 356 g/mol. The Morgan fingerprint density at radius 2 is 2.15 bits per heavy atom. The summed E-state index contributed by atoms with van der Waals surface area (Å²) in [6, 6.07) is 4.38. The summed E-state index contributed by atoms with van der Waals surface area (Å²) in [6.45, 7) is 0.812. The number of ether oxygens (including phenoxy) is 1. The van der Waals surface area contributed by atoms with Crippen LogP contribution in [-0.2, 0) is 23.0 Å². The molecule has 1 aliphatic heterocycles. The zero-order valence-electron chi connectivity index (χ0n) is 15.5. The van der Waals surface area contributed by atoms with Crippen LogP contribution in [0.4, 0.5) is 0 Å². The monoisotopic (exact) mass is 356 g/mol. The molecule has 3 unspecified atom stereocenters. The molecular formula is C20H28N4O2. The Kier molecular flexibility index (Phi) is 5.20. The van der Waals surface area contributed by atoms with Gasteiger partial charge in [-0.1, -0.05) is 12.8 Å². The number of hydrogen-bond donors (Lipinski definition) is 0. The fourth-order valence-electron chi connectivity index (χ4n) is 4.48. The number of rotatable bonds is 6. The summed E-state index contributed by atoms with van der Waals surface area (Å²) in [6.07, 6.45) is 11.8. The number of ketones is 1. The van der Waals surface area contributed by atoms with Gasteiger partial charge in [0.1, 0.15) is 11.9 Å². The lowest BCUT2D eigenvalue weighted by Crippen LogP contribution is -2.26. The number of Topliss-reactive ketones (excluding diaryl/α,β-unsaturated/α-hetero) is 1. The first-order chi connectivity index (χ1) is 12.7. The van der Waals surface area contributed by atoms with Crippen LogP contribution in [0.3, 0.4) is 0 Å². The Labute approximate surface area is 154 Å². The molecule has 0 N–H and O–H groups in total. The van der Waals surface area contributed by atoms with Crippen LogP contribution in [-0.4, -0.2) is 32.0 Å². The first-order valence-corrected chi connectivity index (χ1v) is 9.86. The lowest BCUT2D eigenvalue weighted by Gasteiger charge is -2.31. The van der Waals surface area contributed by atoms with E-state index in [9.17, 15) is 4.79 Å². The molecule has 3 heterocycles. The van der Waals surface area contributed by atoms with E-state index in [1.165, 1.54) is 12.8 Å². The van der Waals surface area contributed by atoms with E-state index in [-0.39, 0.29) is 6.10 Å². The molecule has 1 saturated carbocycles. The summed E-state index contributed by atoms with van der Waals surface area (Å²) in [5.74, 6) is 0.693. The summed E-state index contributed by atoms with van der Waals surface area (Å²) in [5, 5.41) is 8.99. The van der Waals surface area contributed by atoms with Crippen LogP contribution in [0.1, 0.15) is 68.5 Å². The van der Waals surface area contributed by atoms with Gasteiger partial charge in [0.05, 0.1) is 11.7 Å². The van der Waals surface area contributed by atoms with Crippen LogP contribution in [0.25, 0.3) is 0 Å². The van der Waals surface area contributed by atoms with Crippen molar-refractivity contribution in [1.82, 2.24) is 19.6 Å². The van der Waals surface area contributed by atoms with Gasteiger partial charge >= 0.3 is 0 Å². The first-order valence-electron chi connectivity index (χ1n) is 9.86. The van der Waals surface area contributed by atoms with Crippen LogP contribution in [0.5, 0.6) is 0 Å². The van der Waals surface area contributed by atoms with Crippen LogP contribution in [0.2, 0.25) is 0 Å². The maximum atomic E-state index is 12.8. The highest BCUT2D eigenvalue weighted by molar-refractivity contribution is 5.80. The fourth-order valence-corrected chi connectivity index (χ4v) is 4.48. The van der Waals surface area contributed by atoms with Crippen LogP contribution < -0.4 is 0 Å². The minimum atomic E-state index is 0.104. The van der Waals surface area contributed by atoms with E-state index in [0.717, 1.165) is 43.7 Å². The van der Waals surface area contributed by atoms with Gasteiger partial charge in [0, 0.05) is 44.6 Å². The van der Waals surface area contributed by atoms with Crippen molar-refractivity contribution in [3.8, 4) is 0 Å². The van der Waals surface area contributed by atoms with Gasteiger partial charge in [-0.2, -0.15) is 10.2 Å². The highest BCUT2D eigenvalue weighted by Gasteiger charge is 2.29. The van der Waals surface area contributed by atoms with Gasteiger partial charge in [-0.3, -0.25) is 14.2 Å². The maximum Gasteiger partial charge on any atom is 0.139 e. The lowest BCUT2D eigenvalue weighted by atomic mass is 9.81. The Hall–Kier alpha value is -1.95. The molecule has 2 aliphatic rings. The van der Waals surface area contributed by atoms with Crippen molar-refractivity contribution >= 4 is 5.78 Å². The Morgan fingerprint density at radius 3 is 2.92 bits per heavy atom. The lowest BCUT2D eigenvalue weighted by molar-refractivity contribution is -0.120. The molecule has 140 valence electrons. The molecule has 0 spiro atoms. The number of aromatic nitrogens is 4. The molecule has 0 amide bonds. The van der Waals surface area contributed by atoms with E-state index in [1.807, 2.05) is 30.2 Å². The second-order valence-corrected chi connectivity index (χ2v) is 7.70. The molecule has 2 fully saturated rings. The third-order valence-electron chi connectivity index (χ3n) is 5.86. The zero-order valence-corrected chi connectivity index (χ0v) is 15.5. The predicted octanol–water partition coefficient (Wildman–Crippen LogP) is 3.40. The third kappa shape index (κ3) is 3.75. The van der Waals surface area contributed by atoms with Gasteiger partial charge in [-0.15, -0.1) is 0 Å². The molecule has 2 aromatic rings.